The Morgan fingerprint density at radius 3 is 2.78 bits per heavy atom. The lowest BCUT2D eigenvalue weighted by atomic mass is 10.1. The van der Waals surface area contributed by atoms with Gasteiger partial charge in [0, 0.05) is 12.3 Å². The zero-order valence-electron chi connectivity index (χ0n) is 13.4. The fourth-order valence-electron chi connectivity index (χ4n) is 2.22. The molecule has 1 N–H and O–H groups in total. The number of ether oxygens (including phenoxy) is 1. The number of aromatic nitrogens is 2. The number of aliphatic hydroxyl groups excluding tert-OH is 1. The molecule has 1 aromatic carbocycles. The minimum Gasteiger partial charge on any atom is -0.465 e. The molecule has 0 amide bonds. The maximum absolute atomic E-state index is 12.7. The molecule has 1 heterocycles. The predicted molar refractivity (Wildman–Crippen MR) is 90.0 cm³/mol. The molecule has 0 saturated carbocycles. The second kappa shape index (κ2) is 7.61. The van der Waals surface area contributed by atoms with Gasteiger partial charge in [0.2, 0.25) is 0 Å². The molecule has 2 aromatic rings. The Balaban J connectivity index is 2.62. The summed E-state index contributed by atoms with van der Waals surface area (Å²) < 4.78 is 6.33. The van der Waals surface area contributed by atoms with Gasteiger partial charge in [-0.1, -0.05) is 25.6 Å². The fourth-order valence-corrected chi connectivity index (χ4v) is 2.97. The standard InChI is InChI=1S/C16H20N2O4S/c1-10(2)9-18-14(20)12-5-4-11(15(21)22-3)8-13(12)17-16(18)23-7-6-19/h4-5,8,10,19H,6-7,9H2,1-3H3. The van der Waals surface area contributed by atoms with E-state index in [9.17, 15) is 9.59 Å². The van der Waals surface area contributed by atoms with E-state index in [1.807, 2.05) is 13.8 Å². The highest BCUT2D eigenvalue weighted by Gasteiger charge is 2.14. The Labute approximate surface area is 138 Å². The summed E-state index contributed by atoms with van der Waals surface area (Å²) in [6, 6.07) is 4.73. The van der Waals surface area contributed by atoms with Crippen molar-refractivity contribution >= 4 is 28.6 Å². The average Bonchev–Trinajstić information content (AvgIpc) is 2.54. The van der Waals surface area contributed by atoms with Crippen molar-refractivity contribution in [2.45, 2.75) is 25.5 Å². The van der Waals surface area contributed by atoms with E-state index in [4.69, 9.17) is 9.84 Å². The molecule has 0 spiro atoms. The van der Waals surface area contributed by atoms with Crippen LogP contribution in [0.5, 0.6) is 0 Å². The van der Waals surface area contributed by atoms with Gasteiger partial charge in [0.05, 0.1) is 30.2 Å². The second-order valence-corrected chi connectivity index (χ2v) is 6.56. The monoisotopic (exact) mass is 336 g/mol. The molecule has 2 rings (SSSR count). The van der Waals surface area contributed by atoms with E-state index in [-0.39, 0.29) is 18.1 Å². The Morgan fingerprint density at radius 2 is 2.17 bits per heavy atom. The third-order valence-corrected chi connectivity index (χ3v) is 4.17. The van der Waals surface area contributed by atoms with Gasteiger partial charge in [0.15, 0.2) is 5.16 Å². The highest BCUT2D eigenvalue weighted by atomic mass is 32.2. The molecule has 23 heavy (non-hydrogen) atoms. The van der Waals surface area contributed by atoms with E-state index < -0.39 is 5.97 Å². The maximum atomic E-state index is 12.7. The molecular weight excluding hydrogens is 316 g/mol. The number of carbonyl (C=O) groups excluding carboxylic acids is 1. The van der Waals surface area contributed by atoms with Crippen molar-refractivity contribution in [2.24, 2.45) is 5.92 Å². The summed E-state index contributed by atoms with van der Waals surface area (Å²) in [5.41, 5.74) is 0.672. The van der Waals surface area contributed by atoms with Crippen LogP contribution in [0.15, 0.2) is 28.2 Å². The van der Waals surface area contributed by atoms with Crippen LogP contribution < -0.4 is 5.56 Å². The van der Waals surface area contributed by atoms with Crippen LogP contribution in [-0.2, 0) is 11.3 Å². The first-order valence-corrected chi connectivity index (χ1v) is 8.33. The number of fused-ring (bicyclic) bond motifs is 1. The van der Waals surface area contributed by atoms with Gasteiger partial charge in [-0.3, -0.25) is 9.36 Å². The van der Waals surface area contributed by atoms with Crippen LogP contribution in [0, 0.1) is 5.92 Å². The average molecular weight is 336 g/mol. The van der Waals surface area contributed by atoms with Crippen molar-refractivity contribution in [2.75, 3.05) is 19.5 Å². The van der Waals surface area contributed by atoms with Crippen molar-refractivity contribution in [1.29, 1.82) is 0 Å². The van der Waals surface area contributed by atoms with Crippen molar-refractivity contribution in [1.82, 2.24) is 9.55 Å². The van der Waals surface area contributed by atoms with Crippen molar-refractivity contribution in [3.05, 3.63) is 34.1 Å². The first-order chi connectivity index (χ1) is 11.0. The molecule has 7 heteroatoms. The van der Waals surface area contributed by atoms with Crippen LogP contribution in [0.1, 0.15) is 24.2 Å². The van der Waals surface area contributed by atoms with Crippen molar-refractivity contribution in [3.63, 3.8) is 0 Å². The van der Waals surface area contributed by atoms with Gasteiger partial charge in [0.1, 0.15) is 0 Å². The molecule has 0 aliphatic heterocycles. The lowest BCUT2D eigenvalue weighted by molar-refractivity contribution is 0.0601. The number of hydrogen-bond donors (Lipinski definition) is 1. The van der Waals surface area contributed by atoms with Crippen LogP contribution >= 0.6 is 11.8 Å². The lowest BCUT2D eigenvalue weighted by Gasteiger charge is -2.14. The van der Waals surface area contributed by atoms with Gasteiger partial charge < -0.3 is 9.84 Å². The van der Waals surface area contributed by atoms with Gasteiger partial charge >= 0.3 is 5.97 Å². The zero-order chi connectivity index (χ0) is 17.0. The summed E-state index contributed by atoms with van der Waals surface area (Å²) in [5, 5.41) is 10.0. The van der Waals surface area contributed by atoms with Gasteiger partial charge in [-0.15, -0.1) is 0 Å². The highest BCUT2D eigenvalue weighted by molar-refractivity contribution is 7.99. The molecule has 0 atom stereocenters. The Bertz CT molecular complexity index is 770. The van der Waals surface area contributed by atoms with Crippen LogP contribution in [0.25, 0.3) is 10.9 Å². The molecule has 6 nitrogen and oxygen atoms in total. The number of carbonyl (C=O) groups is 1. The molecule has 0 bridgehead atoms. The zero-order valence-corrected chi connectivity index (χ0v) is 14.2. The van der Waals surface area contributed by atoms with Crippen LogP contribution in [0.2, 0.25) is 0 Å². The first kappa shape index (κ1) is 17.5. The van der Waals surface area contributed by atoms with Crippen LogP contribution in [0.4, 0.5) is 0 Å². The van der Waals surface area contributed by atoms with E-state index in [0.717, 1.165) is 0 Å². The van der Waals surface area contributed by atoms with Gasteiger partial charge in [0.25, 0.3) is 5.56 Å². The largest absolute Gasteiger partial charge is 0.465 e. The highest BCUT2D eigenvalue weighted by Crippen LogP contribution is 2.19. The topological polar surface area (TPSA) is 81.4 Å². The number of esters is 1. The summed E-state index contributed by atoms with van der Waals surface area (Å²) in [6.45, 7) is 4.60. The van der Waals surface area contributed by atoms with E-state index in [1.54, 1.807) is 22.8 Å². The summed E-state index contributed by atoms with van der Waals surface area (Å²) in [6.07, 6.45) is 0. The molecule has 0 aliphatic rings. The Morgan fingerprint density at radius 1 is 1.43 bits per heavy atom. The van der Waals surface area contributed by atoms with Crippen molar-refractivity contribution in [3.8, 4) is 0 Å². The molecule has 1 aromatic heterocycles. The molecule has 0 saturated heterocycles. The predicted octanol–water partition coefficient (Wildman–Crippen LogP) is 1.92. The van der Waals surface area contributed by atoms with Crippen LogP contribution in [-0.4, -0.2) is 40.1 Å². The lowest BCUT2D eigenvalue weighted by Crippen LogP contribution is -2.25. The summed E-state index contributed by atoms with van der Waals surface area (Å²) >= 11 is 1.32. The summed E-state index contributed by atoms with van der Waals surface area (Å²) in [5.74, 6) is 0.270. The first-order valence-electron chi connectivity index (χ1n) is 7.34. The SMILES string of the molecule is COC(=O)c1ccc2c(=O)n(CC(C)C)c(SCCO)nc2c1. The molecule has 0 aliphatic carbocycles. The number of hydrogen-bond acceptors (Lipinski definition) is 6. The number of aliphatic hydroxyl groups is 1. The maximum Gasteiger partial charge on any atom is 0.337 e. The summed E-state index contributed by atoms with van der Waals surface area (Å²) in [4.78, 5) is 28.9. The van der Waals surface area contributed by atoms with E-state index in [1.165, 1.54) is 18.9 Å². The van der Waals surface area contributed by atoms with Crippen LogP contribution in [0.3, 0.4) is 0 Å². The normalized spacial score (nSPS) is 11.2. The quantitative estimate of drug-likeness (QED) is 0.493. The number of rotatable bonds is 6. The number of benzene rings is 1. The Hall–Kier alpha value is -1.86. The molecule has 124 valence electrons. The molecule has 0 fully saturated rings. The molecule has 0 unspecified atom stereocenters. The van der Waals surface area contributed by atoms with Gasteiger partial charge in [-0.25, -0.2) is 9.78 Å². The third-order valence-electron chi connectivity index (χ3n) is 3.21. The van der Waals surface area contributed by atoms with E-state index >= 15 is 0 Å². The number of methoxy groups -OCH3 is 1. The third kappa shape index (κ3) is 3.92. The molecular formula is C16H20N2O4S. The minimum atomic E-state index is -0.468. The fraction of sp³-hybridized carbons (Fsp3) is 0.438. The summed E-state index contributed by atoms with van der Waals surface area (Å²) in [7, 11) is 1.31. The minimum absolute atomic E-state index is 0.00243. The Kier molecular flexibility index (Phi) is 5.79. The second-order valence-electron chi connectivity index (χ2n) is 5.50. The number of nitrogens with zero attached hydrogens (tertiary/aromatic N) is 2. The van der Waals surface area contributed by atoms with E-state index in [2.05, 4.69) is 4.98 Å². The van der Waals surface area contributed by atoms with E-state index in [0.29, 0.717) is 33.9 Å². The smallest absolute Gasteiger partial charge is 0.337 e. The molecule has 0 radical (unpaired) electrons. The van der Waals surface area contributed by atoms with Crippen molar-refractivity contribution < 1.29 is 14.6 Å². The van der Waals surface area contributed by atoms with Gasteiger partial charge in [-0.05, 0) is 24.1 Å². The van der Waals surface area contributed by atoms with Gasteiger partial charge in [-0.2, -0.15) is 0 Å². The number of thioether (sulfide) groups is 1.